The summed E-state index contributed by atoms with van der Waals surface area (Å²) in [5.41, 5.74) is 4.11. The van der Waals surface area contributed by atoms with Crippen LogP contribution in [-0.4, -0.2) is 28.3 Å². The fraction of sp³-hybridized carbons (Fsp3) is 0.125. The number of nitrogens with zero attached hydrogens (tertiary/aromatic N) is 2. The van der Waals surface area contributed by atoms with Gasteiger partial charge in [0.2, 0.25) is 11.8 Å². The first-order chi connectivity index (χ1) is 14.7. The van der Waals surface area contributed by atoms with E-state index in [9.17, 15) is 9.59 Å². The minimum Gasteiger partial charge on any atom is -0.338 e. The molecule has 0 bridgehead atoms. The standard InChI is InChI=1S/C24H20N4O2/c29-22-14-16(15-28(22)17-8-2-1-3-9-17)24(30)27-19-11-5-4-10-18(19)23-25-20-12-6-7-13-21(20)26-23/h1-13,16H,14-15H2,(H,25,26)(H,27,30)/t16-/m0/s1. The summed E-state index contributed by atoms with van der Waals surface area (Å²) >= 11 is 0. The summed E-state index contributed by atoms with van der Waals surface area (Å²) in [4.78, 5) is 35.1. The van der Waals surface area contributed by atoms with Gasteiger partial charge >= 0.3 is 0 Å². The van der Waals surface area contributed by atoms with Crippen molar-refractivity contribution in [3.8, 4) is 11.4 Å². The van der Waals surface area contributed by atoms with E-state index in [2.05, 4.69) is 15.3 Å². The molecule has 1 saturated heterocycles. The van der Waals surface area contributed by atoms with Crippen molar-refractivity contribution in [1.82, 2.24) is 9.97 Å². The van der Waals surface area contributed by atoms with Crippen molar-refractivity contribution >= 4 is 34.2 Å². The molecule has 6 nitrogen and oxygen atoms in total. The number of anilines is 2. The van der Waals surface area contributed by atoms with Crippen molar-refractivity contribution in [3.05, 3.63) is 78.9 Å². The Morgan fingerprint density at radius 3 is 2.53 bits per heavy atom. The van der Waals surface area contributed by atoms with Gasteiger partial charge in [-0.2, -0.15) is 0 Å². The number of fused-ring (bicyclic) bond motifs is 1. The summed E-state index contributed by atoms with van der Waals surface area (Å²) in [5, 5.41) is 3.01. The molecule has 2 heterocycles. The number of rotatable bonds is 4. The van der Waals surface area contributed by atoms with Crippen LogP contribution in [0.5, 0.6) is 0 Å². The molecule has 0 unspecified atom stereocenters. The molecular weight excluding hydrogens is 376 g/mol. The molecule has 4 aromatic rings. The van der Waals surface area contributed by atoms with Crippen LogP contribution in [0.15, 0.2) is 78.9 Å². The smallest absolute Gasteiger partial charge is 0.229 e. The lowest BCUT2D eigenvalue weighted by atomic mass is 10.1. The SMILES string of the molecule is O=C(Nc1ccccc1-c1nc2ccccc2[nH]1)[C@H]1CC(=O)N(c2ccccc2)C1. The molecule has 0 radical (unpaired) electrons. The zero-order valence-corrected chi connectivity index (χ0v) is 16.2. The van der Waals surface area contributed by atoms with E-state index < -0.39 is 5.92 Å². The third-order valence-electron chi connectivity index (χ3n) is 5.39. The number of hydrogen-bond donors (Lipinski definition) is 2. The molecule has 0 aliphatic carbocycles. The number of amides is 2. The topological polar surface area (TPSA) is 78.1 Å². The molecule has 0 spiro atoms. The molecule has 6 heteroatoms. The summed E-state index contributed by atoms with van der Waals surface area (Å²) in [5.74, 6) is 0.0965. The highest BCUT2D eigenvalue weighted by molar-refractivity contribution is 6.04. The Bertz CT molecular complexity index is 1200. The van der Waals surface area contributed by atoms with Crippen LogP contribution < -0.4 is 10.2 Å². The zero-order chi connectivity index (χ0) is 20.5. The Morgan fingerprint density at radius 1 is 0.967 bits per heavy atom. The summed E-state index contributed by atoms with van der Waals surface area (Å²) < 4.78 is 0. The first-order valence-electron chi connectivity index (χ1n) is 9.89. The molecule has 1 fully saturated rings. The van der Waals surface area contributed by atoms with Crippen LogP contribution in [0.4, 0.5) is 11.4 Å². The number of aromatic nitrogens is 2. The Morgan fingerprint density at radius 2 is 1.70 bits per heavy atom. The van der Waals surface area contributed by atoms with E-state index >= 15 is 0 Å². The van der Waals surface area contributed by atoms with E-state index in [1.807, 2.05) is 78.9 Å². The lowest BCUT2D eigenvalue weighted by molar-refractivity contribution is -0.122. The monoisotopic (exact) mass is 396 g/mol. The van der Waals surface area contributed by atoms with Crippen molar-refractivity contribution in [1.29, 1.82) is 0 Å². The van der Waals surface area contributed by atoms with Gasteiger partial charge in [-0.05, 0) is 36.4 Å². The van der Waals surface area contributed by atoms with Crippen molar-refractivity contribution in [2.45, 2.75) is 6.42 Å². The van der Waals surface area contributed by atoms with Gasteiger partial charge in [0.05, 0.1) is 22.6 Å². The quantitative estimate of drug-likeness (QED) is 0.542. The van der Waals surface area contributed by atoms with Crippen molar-refractivity contribution in [3.63, 3.8) is 0 Å². The van der Waals surface area contributed by atoms with E-state index in [0.29, 0.717) is 18.1 Å². The number of carbonyl (C=O) groups is 2. The number of hydrogen-bond acceptors (Lipinski definition) is 3. The van der Waals surface area contributed by atoms with Gasteiger partial charge in [-0.3, -0.25) is 9.59 Å². The highest BCUT2D eigenvalue weighted by atomic mass is 16.2. The van der Waals surface area contributed by atoms with Crippen LogP contribution in [-0.2, 0) is 9.59 Å². The van der Waals surface area contributed by atoms with Crippen molar-refractivity contribution in [2.24, 2.45) is 5.92 Å². The number of aromatic amines is 1. The summed E-state index contributed by atoms with van der Waals surface area (Å²) in [6.45, 7) is 0.376. The van der Waals surface area contributed by atoms with Gasteiger partial charge in [0.25, 0.3) is 0 Å². The molecular formula is C24H20N4O2. The summed E-state index contributed by atoms with van der Waals surface area (Å²) in [6.07, 6.45) is 0.202. The molecule has 1 aliphatic rings. The van der Waals surface area contributed by atoms with Gasteiger partial charge < -0.3 is 15.2 Å². The second-order valence-corrected chi connectivity index (χ2v) is 7.38. The Balaban J connectivity index is 1.38. The Kier molecular flexibility index (Phi) is 4.52. The summed E-state index contributed by atoms with van der Waals surface area (Å²) in [7, 11) is 0. The highest BCUT2D eigenvalue weighted by Gasteiger charge is 2.35. The molecule has 30 heavy (non-hydrogen) atoms. The molecule has 2 amide bonds. The third kappa shape index (κ3) is 3.33. The number of benzene rings is 3. The van der Waals surface area contributed by atoms with Gasteiger partial charge in [0, 0.05) is 24.2 Å². The average molecular weight is 396 g/mol. The largest absolute Gasteiger partial charge is 0.338 e. The molecule has 1 aliphatic heterocycles. The first kappa shape index (κ1) is 18.1. The highest BCUT2D eigenvalue weighted by Crippen LogP contribution is 2.30. The lowest BCUT2D eigenvalue weighted by Crippen LogP contribution is -2.28. The van der Waals surface area contributed by atoms with Crippen LogP contribution >= 0.6 is 0 Å². The molecule has 2 N–H and O–H groups in total. The minimum atomic E-state index is -0.401. The number of H-pyrrole nitrogens is 1. The van der Waals surface area contributed by atoms with Crippen LogP contribution in [0.3, 0.4) is 0 Å². The molecule has 5 rings (SSSR count). The third-order valence-corrected chi connectivity index (χ3v) is 5.39. The molecule has 3 aromatic carbocycles. The normalized spacial score (nSPS) is 16.2. The van der Waals surface area contributed by atoms with E-state index in [1.54, 1.807) is 4.90 Å². The predicted molar refractivity (Wildman–Crippen MR) is 117 cm³/mol. The minimum absolute atomic E-state index is 0.0353. The molecule has 1 atom stereocenters. The number of nitrogens with one attached hydrogen (secondary N) is 2. The van der Waals surface area contributed by atoms with Gasteiger partial charge in [-0.15, -0.1) is 0 Å². The van der Waals surface area contributed by atoms with E-state index in [0.717, 1.165) is 22.3 Å². The van der Waals surface area contributed by atoms with E-state index in [1.165, 1.54) is 0 Å². The molecule has 1 aromatic heterocycles. The Labute approximate surface area is 173 Å². The van der Waals surface area contributed by atoms with Crippen LogP contribution in [0, 0.1) is 5.92 Å². The van der Waals surface area contributed by atoms with E-state index in [-0.39, 0.29) is 18.2 Å². The van der Waals surface area contributed by atoms with Crippen LogP contribution in [0.1, 0.15) is 6.42 Å². The summed E-state index contributed by atoms with van der Waals surface area (Å²) in [6, 6.07) is 24.8. The first-order valence-corrected chi connectivity index (χ1v) is 9.89. The number of carbonyl (C=O) groups excluding carboxylic acids is 2. The van der Waals surface area contributed by atoms with Gasteiger partial charge in [0.15, 0.2) is 0 Å². The predicted octanol–water partition coefficient (Wildman–Crippen LogP) is 4.22. The maximum Gasteiger partial charge on any atom is 0.229 e. The Hall–Kier alpha value is -3.93. The second-order valence-electron chi connectivity index (χ2n) is 7.38. The molecule has 0 saturated carbocycles. The maximum atomic E-state index is 13.0. The molecule has 148 valence electrons. The van der Waals surface area contributed by atoms with Crippen molar-refractivity contribution < 1.29 is 9.59 Å². The fourth-order valence-corrected chi connectivity index (χ4v) is 3.85. The zero-order valence-electron chi connectivity index (χ0n) is 16.2. The van der Waals surface area contributed by atoms with Crippen molar-refractivity contribution in [2.75, 3.05) is 16.8 Å². The van der Waals surface area contributed by atoms with Gasteiger partial charge in [-0.25, -0.2) is 4.98 Å². The van der Waals surface area contributed by atoms with Crippen LogP contribution in [0.25, 0.3) is 22.4 Å². The average Bonchev–Trinajstić information content (AvgIpc) is 3.38. The van der Waals surface area contributed by atoms with E-state index in [4.69, 9.17) is 0 Å². The van der Waals surface area contributed by atoms with Gasteiger partial charge in [-0.1, -0.05) is 42.5 Å². The lowest BCUT2D eigenvalue weighted by Gasteiger charge is -2.17. The van der Waals surface area contributed by atoms with Crippen LogP contribution in [0.2, 0.25) is 0 Å². The maximum absolute atomic E-state index is 13.0. The number of imidazole rings is 1. The number of para-hydroxylation sites is 4. The van der Waals surface area contributed by atoms with Gasteiger partial charge in [0.1, 0.15) is 5.82 Å². The second kappa shape index (κ2) is 7.48. The fourth-order valence-electron chi connectivity index (χ4n) is 3.85.